The van der Waals surface area contributed by atoms with Gasteiger partial charge in [-0.2, -0.15) is 0 Å². The minimum Gasteiger partial charge on any atom is -0.456 e. The van der Waals surface area contributed by atoms with E-state index >= 15 is 0 Å². The van der Waals surface area contributed by atoms with Crippen LogP contribution in [0.4, 0.5) is 0 Å². The summed E-state index contributed by atoms with van der Waals surface area (Å²) < 4.78 is 5.27. The maximum Gasteiger partial charge on any atom is 0.357 e. The molecule has 0 fully saturated rings. The lowest BCUT2D eigenvalue weighted by Crippen LogP contribution is -2.07. The molecule has 2 heterocycles. The van der Waals surface area contributed by atoms with Crippen molar-refractivity contribution in [1.29, 1.82) is 0 Å². The molecule has 0 atom stereocenters. The van der Waals surface area contributed by atoms with Gasteiger partial charge in [-0.3, -0.25) is 0 Å². The van der Waals surface area contributed by atoms with Crippen molar-refractivity contribution in [3.05, 3.63) is 70.1 Å². The van der Waals surface area contributed by atoms with Gasteiger partial charge in [-0.25, -0.2) is 14.8 Å². The van der Waals surface area contributed by atoms with E-state index in [1.54, 1.807) is 24.4 Å². The molecule has 116 valence electrons. The van der Waals surface area contributed by atoms with Gasteiger partial charge >= 0.3 is 5.97 Å². The lowest BCUT2D eigenvalue weighted by molar-refractivity contribution is 0.0465. The predicted molar refractivity (Wildman–Crippen MR) is 89.6 cm³/mol. The Kier molecular flexibility index (Phi) is 4.26. The SMILES string of the molecule is Cc1ccc2cc(COC(=O)c3ccccn3)c(Cl)nc2c1C. The molecule has 0 spiro atoms. The second-order valence-electron chi connectivity index (χ2n) is 5.31. The number of carbonyl (C=O) groups is 1. The Morgan fingerprint density at radius 3 is 2.78 bits per heavy atom. The number of nitrogens with zero attached hydrogens (tertiary/aromatic N) is 2. The minimum absolute atomic E-state index is 0.0596. The lowest BCUT2D eigenvalue weighted by Gasteiger charge is -2.10. The number of hydrogen-bond acceptors (Lipinski definition) is 4. The highest BCUT2D eigenvalue weighted by molar-refractivity contribution is 6.30. The average Bonchev–Trinajstić information content (AvgIpc) is 2.57. The molecule has 0 radical (unpaired) electrons. The molecule has 23 heavy (non-hydrogen) atoms. The average molecular weight is 327 g/mol. The number of aryl methyl sites for hydroxylation is 2. The van der Waals surface area contributed by atoms with Crippen molar-refractivity contribution >= 4 is 28.5 Å². The van der Waals surface area contributed by atoms with Crippen LogP contribution >= 0.6 is 11.6 Å². The fourth-order valence-electron chi connectivity index (χ4n) is 2.31. The summed E-state index contributed by atoms with van der Waals surface area (Å²) in [6, 6.07) is 11.0. The smallest absolute Gasteiger partial charge is 0.357 e. The van der Waals surface area contributed by atoms with Gasteiger partial charge in [-0.1, -0.05) is 29.8 Å². The van der Waals surface area contributed by atoms with E-state index in [1.807, 2.05) is 32.0 Å². The van der Waals surface area contributed by atoms with Gasteiger partial charge in [0.2, 0.25) is 0 Å². The Bertz CT molecular complexity index is 879. The molecule has 0 saturated heterocycles. The zero-order chi connectivity index (χ0) is 16.4. The highest BCUT2D eigenvalue weighted by atomic mass is 35.5. The number of halogens is 1. The molecule has 0 unspecified atom stereocenters. The van der Waals surface area contributed by atoms with Gasteiger partial charge in [0, 0.05) is 17.1 Å². The van der Waals surface area contributed by atoms with E-state index in [9.17, 15) is 4.79 Å². The molecule has 3 rings (SSSR count). The topological polar surface area (TPSA) is 52.1 Å². The van der Waals surface area contributed by atoms with E-state index in [2.05, 4.69) is 9.97 Å². The van der Waals surface area contributed by atoms with Crippen LogP contribution in [0, 0.1) is 13.8 Å². The van der Waals surface area contributed by atoms with Gasteiger partial charge < -0.3 is 4.74 Å². The Balaban J connectivity index is 1.85. The number of hydrogen-bond donors (Lipinski definition) is 0. The Hall–Kier alpha value is -2.46. The summed E-state index contributed by atoms with van der Waals surface area (Å²) in [6.07, 6.45) is 1.55. The molecule has 0 aliphatic rings. The third-order valence-electron chi connectivity index (χ3n) is 3.77. The van der Waals surface area contributed by atoms with Crippen LogP contribution in [0.2, 0.25) is 5.15 Å². The van der Waals surface area contributed by atoms with Crippen LogP contribution in [-0.2, 0) is 11.3 Å². The highest BCUT2D eigenvalue weighted by Gasteiger charge is 2.12. The van der Waals surface area contributed by atoms with Crippen LogP contribution in [0.25, 0.3) is 10.9 Å². The Morgan fingerprint density at radius 2 is 2.04 bits per heavy atom. The van der Waals surface area contributed by atoms with Crippen LogP contribution in [0.1, 0.15) is 27.2 Å². The molecular formula is C18H15ClN2O2. The summed E-state index contributed by atoms with van der Waals surface area (Å²) in [5.74, 6) is -0.484. The largest absolute Gasteiger partial charge is 0.456 e. The van der Waals surface area contributed by atoms with Crippen molar-refractivity contribution in [2.45, 2.75) is 20.5 Å². The third-order valence-corrected chi connectivity index (χ3v) is 4.10. The van der Waals surface area contributed by atoms with Crippen LogP contribution in [0.3, 0.4) is 0 Å². The summed E-state index contributed by atoms with van der Waals surface area (Å²) in [4.78, 5) is 20.4. The summed E-state index contributed by atoms with van der Waals surface area (Å²) in [5.41, 5.74) is 4.07. The van der Waals surface area contributed by atoms with E-state index in [4.69, 9.17) is 16.3 Å². The van der Waals surface area contributed by atoms with Crippen LogP contribution < -0.4 is 0 Å². The molecule has 3 aromatic rings. The fraction of sp³-hybridized carbons (Fsp3) is 0.167. The van der Waals surface area contributed by atoms with Gasteiger partial charge in [0.15, 0.2) is 0 Å². The maximum atomic E-state index is 11.9. The molecule has 5 heteroatoms. The van der Waals surface area contributed by atoms with Gasteiger partial charge in [0.05, 0.1) is 5.52 Å². The molecule has 1 aromatic carbocycles. The van der Waals surface area contributed by atoms with Crippen molar-refractivity contribution in [3.63, 3.8) is 0 Å². The third kappa shape index (κ3) is 3.17. The van der Waals surface area contributed by atoms with E-state index < -0.39 is 5.97 Å². The number of benzene rings is 1. The summed E-state index contributed by atoms with van der Waals surface area (Å²) in [6.45, 7) is 4.11. The second-order valence-corrected chi connectivity index (χ2v) is 5.67. The maximum absolute atomic E-state index is 11.9. The van der Waals surface area contributed by atoms with E-state index in [0.29, 0.717) is 10.7 Å². The second kappa shape index (κ2) is 6.34. The summed E-state index contributed by atoms with van der Waals surface area (Å²) in [7, 11) is 0. The number of pyridine rings is 2. The Morgan fingerprint density at radius 1 is 1.22 bits per heavy atom. The first-order valence-electron chi connectivity index (χ1n) is 7.20. The number of esters is 1. The quantitative estimate of drug-likeness (QED) is 0.533. The molecule has 0 bridgehead atoms. The standard InChI is InChI=1S/C18H15ClN2O2/c1-11-6-7-13-9-14(17(19)21-16(13)12(11)2)10-23-18(22)15-5-3-4-8-20-15/h3-9H,10H2,1-2H3. The van der Waals surface area contributed by atoms with Gasteiger partial charge in [-0.15, -0.1) is 0 Å². The minimum atomic E-state index is -0.484. The molecule has 0 aliphatic heterocycles. The predicted octanol–water partition coefficient (Wildman–Crippen LogP) is 4.26. The van der Waals surface area contributed by atoms with Crippen molar-refractivity contribution in [3.8, 4) is 0 Å². The van der Waals surface area contributed by atoms with Crippen molar-refractivity contribution in [1.82, 2.24) is 9.97 Å². The zero-order valence-electron chi connectivity index (χ0n) is 12.8. The van der Waals surface area contributed by atoms with Crippen molar-refractivity contribution < 1.29 is 9.53 Å². The number of carbonyl (C=O) groups excluding carboxylic acids is 1. The van der Waals surface area contributed by atoms with Crippen LogP contribution in [0.5, 0.6) is 0 Å². The van der Waals surface area contributed by atoms with Gasteiger partial charge in [0.1, 0.15) is 17.5 Å². The molecule has 0 aliphatic carbocycles. The number of aromatic nitrogens is 2. The first-order valence-corrected chi connectivity index (χ1v) is 7.57. The van der Waals surface area contributed by atoms with E-state index in [0.717, 1.165) is 22.0 Å². The lowest BCUT2D eigenvalue weighted by atomic mass is 10.0. The molecule has 0 N–H and O–H groups in total. The van der Waals surface area contributed by atoms with Crippen molar-refractivity contribution in [2.75, 3.05) is 0 Å². The molecule has 0 saturated carbocycles. The monoisotopic (exact) mass is 326 g/mol. The number of ether oxygens (including phenoxy) is 1. The Labute approximate surface area is 139 Å². The first-order chi connectivity index (χ1) is 11.1. The van der Waals surface area contributed by atoms with Gasteiger partial charge in [-0.05, 0) is 43.2 Å². The zero-order valence-corrected chi connectivity index (χ0v) is 13.6. The normalized spacial score (nSPS) is 10.7. The van der Waals surface area contributed by atoms with Crippen molar-refractivity contribution in [2.24, 2.45) is 0 Å². The number of fused-ring (bicyclic) bond motifs is 1. The molecular weight excluding hydrogens is 312 g/mol. The fourth-order valence-corrected chi connectivity index (χ4v) is 2.50. The summed E-state index contributed by atoms with van der Waals surface area (Å²) >= 11 is 6.24. The molecule has 4 nitrogen and oxygen atoms in total. The first kappa shape index (κ1) is 15.4. The molecule has 2 aromatic heterocycles. The van der Waals surface area contributed by atoms with E-state index in [1.165, 1.54) is 0 Å². The molecule has 0 amide bonds. The summed E-state index contributed by atoms with van der Waals surface area (Å²) in [5, 5.41) is 1.32. The number of rotatable bonds is 3. The van der Waals surface area contributed by atoms with Crippen LogP contribution in [0.15, 0.2) is 42.6 Å². The van der Waals surface area contributed by atoms with Gasteiger partial charge in [0.25, 0.3) is 0 Å². The van der Waals surface area contributed by atoms with E-state index in [-0.39, 0.29) is 12.3 Å². The van der Waals surface area contributed by atoms with Crippen LogP contribution in [-0.4, -0.2) is 15.9 Å². The highest BCUT2D eigenvalue weighted by Crippen LogP contribution is 2.25.